The number of benzene rings is 1. The van der Waals surface area contributed by atoms with E-state index in [0.29, 0.717) is 16.4 Å². The quantitative estimate of drug-likeness (QED) is 0.749. The molecule has 0 unspecified atom stereocenters. The number of morpholine rings is 1. The molecular weight excluding hydrogens is 400 g/mol. The maximum Gasteiger partial charge on any atom is 0.257 e. The van der Waals surface area contributed by atoms with E-state index in [1.807, 2.05) is 26.2 Å². The second-order valence-electron chi connectivity index (χ2n) is 8.83. The number of aromatic nitrogens is 1. The maximum absolute atomic E-state index is 12.7. The first-order valence-electron chi connectivity index (χ1n) is 10.2. The Balaban J connectivity index is 1.60. The van der Waals surface area contributed by atoms with Crippen molar-refractivity contribution < 1.29 is 14.3 Å². The standard InChI is InChI=1S/C22H30N4O3S/c1-14-10-26(11-15(2)29-14)12-18-13-30-21(24-18)25-19(27)16-7-6-8-17(9-16)23-20(28)22(3,4)5/h6-9,13-15H,10-12H2,1-5H3,(H,23,28)(H,24,25,27)/t14-,15-/m1/s1. The maximum atomic E-state index is 12.7. The van der Waals surface area contributed by atoms with Crippen LogP contribution in [0.15, 0.2) is 29.6 Å². The number of anilines is 2. The van der Waals surface area contributed by atoms with Crippen LogP contribution >= 0.6 is 11.3 Å². The molecule has 1 aromatic carbocycles. The van der Waals surface area contributed by atoms with Gasteiger partial charge < -0.3 is 10.1 Å². The number of hydrogen-bond donors (Lipinski definition) is 2. The lowest BCUT2D eigenvalue weighted by Crippen LogP contribution is -2.44. The molecule has 2 heterocycles. The Labute approximate surface area is 181 Å². The first-order valence-corrected chi connectivity index (χ1v) is 11.0. The second-order valence-corrected chi connectivity index (χ2v) is 9.69. The molecule has 1 fully saturated rings. The van der Waals surface area contributed by atoms with Crippen LogP contribution in [0.5, 0.6) is 0 Å². The van der Waals surface area contributed by atoms with Gasteiger partial charge in [-0.2, -0.15) is 0 Å². The molecule has 1 aliphatic rings. The molecule has 8 heteroatoms. The fourth-order valence-electron chi connectivity index (χ4n) is 3.31. The minimum Gasteiger partial charge on any atom is -0.373 e. The number of nitrogens with one attached hydrogen (secondary N) is 2. The van der Waals surface area contributed by atoms with Crippen LogP contribution in [0.25, 0.3) is 0 Å². The van der Waals surface area contributed by atoms with E-state index < -0.39 is 5.41 Å². The van der Waals surface area contributed by atoms with E-state index in [1.165, 1.54) is 11.3 Å². The van der Waals surface area contributed by atoms with E-state index in [1.54, 1.807) is 24.3 Å². The van der Waals surface area contributed by atoms with Gasteiger partial charge >= 0.3 is 0 Å². The van der Waals surface area contributed by atoms with Crippen molar-refractivity contribution in [2.24, 2.45) is 5.41 Å². The first-order chi connectivity index (χ1) is 14.1. The molecule has 1 saturated heterocycles. The summed E-state index contributed by atoms with van der Waals surface area (Å²) in [6.45, 7) is 12.2. The van der Waals surface area contributed by atoms with Gasteiger partial charge in [-0.3, -0.25) is 19.8 Å². The summed E-state index contributed by atoms with van der Waals surface area (Å²) < 4.78 is 5.77. The summed E-state index contributed by atoms with van der Waals surface area (Å²) in [4.78, 5) is 31.7. The minimum atomic E-state index is -0.508. The zero-order chi connectivity index (χ0) is 21.9. The number of amides is 2. The van der Waals surface area contributed by atoms with Gasteiger partial charge in [0.25, 0.3) is 5.91 Å². The van der Waals surface area contributed by atoms with Crippen LogP contribution in [0.1, 0.15) is 50.7 Å². The van der Waals surface area contributed by atoms with Crippen molar-refractivity contribution in [1.82, 2.24) is 9.88 Å². The highest BCUT2D eigenvalue weighted by Crippen LogP contribution is 2.21. The van der Waals surface area contributed by atoms with E-state index in [9.17, 15) is 9.59 Å². The average molecular weight is 431 g/mol. The van der Waals surface area contributed by atoms with Crippen LogP contribution in [0, 0.1) is 5.41 Å². The largest absolute Gasteiger partial charge is 0.373 e. The van der Waals surface area contributed by atoms with Crippen LogP contribution in [-0.2, 0) is 16.1 Å². The lowest BCUT2D eigenvalue weighted by molar-refractivity contribution is -0.123. The number of carbonyl (C=O) groups is 2. The molecular formula is C22H30N4O3S. The molecule has 3 rings (SSSR count). The molecule has 1 aromatic heterocycles. The van der Waals surface area contributed by atoms with Crippen LogP contribution in [0.4, 0.5) is 10.8 Å². The van der Waals surface area contributed by atoms with Gasteiger partial charge in [-0.1, -0.05) is 26.8 Å². The summed E-state index contributed by atoms with van der Waals surface area (Å²) in [5.41, 5.74) is 1.49. The third-order valence-corrected chi connectivity index (χ3v) is 5.52. The van der Waals surface area contributed by atoms with Crippen molar-refractivity contribution in [3.63, 3.8) is 0 Å². The third kappa shape index (κ3) is 6.10. The Kier molecular flexibility index (Phi) is 6.90. The van der Waals surface area contributed by atoms with E-state index in [0.717, 1.165) is 25.3 Å². The molecule has 2 atom stereocenters. The molecule has 2 aromatic rings. The zero-order valence-corrected chi connectivity index (χ0v) is 19.0. The van der Waals surface area contributed by atoms with Gasteiger partial charge in [0.15, 0.2) is 5.13 Å². The Morgan fingerprint density at radius 2 is 1.90 bits per heavy atom. The fraction of sp³-hybridized carbons (Fsp3) is 0.500. The molecule has 0 radical (unpaired) electrons. The number of thiazole rings is 1. The van der Waals surface area contributed by atoms with E-state index in [2.05, 4.69) is 34.4 Å². The predicted molar refractivity (Wildman–Crippen MR) is 120 cm³/mol. The minimum absolute atomic E-state index is 0.101. The molecule has 7 nitrogen and oxygen atoms in total. The van der Waals surface area contributed by atoms with Crippen LogP contribution in [-0.4, -0.2) is 47.0 Å². The Hall–Kier alpha value is -2.29. The van der Waals surface area contributed by atoms with Gasteiger partial charge in [0.05, 0.1) is 17.9 Å². The van der Waals surface area contributed by atoms with E-state index >= 15 is 0 Å². The predicted octanol–water partition coefficient (Wildman–Crippen LogP) is 3.99. The lowest BCUT2D eigenvalue weighted by Gasteiger charge is -2.34. The first kappa shape index (κ1) is 22.4. The third-order valence-electron chi connectivity index (χ3n) is 4.72. The summed E-state index contributed by atoms with van der Waals surface area (Å²) in [5.74, 6) is -0.354. The van der Waals surface area contributed by atoms with Crippen molar-refractivity contribution in [1.29, 1.82) is 0 Å². The summed E-state index contributed by atoms with van der Waals surface area (Å²) >= 11 is 1.41. The highest BCUT2D eigenvalue weighted by Gasteiger charge is 2.23. The second kappa shape index (κ2) is 9.24. The van der Waals surface area contributed by atoms with Crippen LogP contribution in [0.2, 0.25) is 0 Å². The fourth-order valence-corrected chi connectivity index (χ4v) is 4.00. The Morgan fingerprint density at radius 3 is 2.57 bits per heavy atom. The Bertz CT molecular complexity index is 896. The van der Waals surface area contributed by atoms with Crippen LogP contribution < -0.4 is 10.6 Å². The normalized spacial score (nSPS) is 20.0. The molecule has 0 saturated carbocycles. The van der Waals surface area contributed by atoms with Gasteiger partial charge in [0, 0.05) is 41.7 Å². The number of ether oxygens (including phenoxy) is 1. The average Bonchev–Trinajstić information content (AvgIpc) is 3.07. The summed E-state index contributed by atoms with van der Waals surface area (Å²) in [6, 6.07) is 6.91. The van der Waals surface area contributed by atoms with Crippen LogP contribution in [0.3, 0.4) is 0 Å². The van der Waals surface area contributed by atoms with Gasteiger partial charge in [-0.15, -0.1) is 11.3 Å². The van der Waals surface area contributed by atoms with Gasteiger partial charge in [0.2, 0.25) is 5.91 Å². The van der Waals surface area contributed by atoms with Crippen molar-refractivity contribution in [2.75, 3.05) is 23.7 Å². The molecule has 0 aliphatic carbocycles. The van der Waals surface area contributed by atoms with Crippen molar-refractivity contribution >= 4 is 34.0 Å². The molecule has 2 N–H and O–H groups in total. The topological polar surface area (TPSA) is 83.6 Å². The SMILES string of the molecule is C[C@@H]1CN(Cc2csc(NC(=O)c3cccc(NC(=O)C(C)(C)C)c3)n2)C[C@@H](C)O1. The summed E-state index contributed by atoms with van der Waals surface area (Å²) in [6.07, 6.45) is 0.412. The summed E-state index contributed by atoms with van der Waals surface area (Å²) in [5, 5.41) is 8.24. The number of carbonyl (C=O) groups excluding carboxylic acids is 2. The van der Waals surface area contributed by atoms with E-state index in [-0.39, 0.29) is 24.0 Å². The van der Waals surface area contributed by atoms with Crippen molar-refractivity contribution in [2.45, 2.75) is 53.4 Å². The highest BCUT2D eigenvalue weighted by molar-refractivity contribution is 7.14. The molecule has 0 bridgehead atoms. The molecule has 162 valence electrons. The number of nitrogens with zero attached hydrogens (tertiary/aromatic N) is 2. The number of hydrogen-bond acceptors (Lipinski definition) is 6. The van der Waals surface area contributed by atoms with Gasteiger partial charge in [-0.25, -0.2) is 4.98 Å². The molecule has 30 heavy (non-hydrogen) atoms. The lowest BCUT2D eigenvalue weighted by atomic mass is 9.95. The highest BCUT2D eigenvalue weighted by atomic mass is 32.1. The molecule has 2 amide bonds. The van der Waals surface area contributed by atoms with E-state index in [4.69, 9.17) is 4.74 Å². The zero-order valence-electron chi connectivity index (χ0n) is 18.2. The van der Waals surface area contributed by atoms with Crippen molar-refractivity contribution in [3.8, 4) is 0 Å². The Morgan fingerprint density at radius 1 is 1.20 bits per heavy atom. The van der Waals surface area contributed by atoms with Gasteiger partial charge in [-0.05, 0) is 32.0 Å². The molecule has 1 aliphatic heterocycles. The number of rotatable bonds is 5. The smallest absolute Gasteiger partial charge is 0.257 e. The van der Waals surface area contributed by atoms with Gasteiger partial charge in [0.1, 0.15) is 0 Å². The summed E-state index contributed by atoms with van der Waals surface area (Å²) in [7, 11) is 0. The molecule has 0 spiro atoms. The monoisotopic (exact) mass is 430 g/mol. The van der Waals surface area contributed by atoms with Crippen molar-refractivity contribution in [3.05, 3.63) is 40.9 Å².